The molecule has 0 aromatic carbocycles. The Morgan fingerprint density at radius 2 is 2.11 bits per heavy atom. The SMILES string of the molecule is Cc1n[nH]c(C)c1CC(=O)NCCC(C)C(=O)O. The van der Waals surface area contributed by atoms with Crippen molar-refractivity contribution in [3.63, 3.8) is 0 Å². The first-order valence-corrected chi connectivity index (χ1v) is 5.91. The van der Waals surface area contributed by atoms with Crippen LogP contribution in [0.25, 0.3) is 0 Å². The predicted octanol–water partition coefficient (Wildman–Crippen LogP) is 0.796. The second-order valence-corrected chi connectivity index (χ2v) is 4.47. The second kappa shape index (κ2) is 6.18. The second-order valence-electron chi connectivity index (χ2n) is 4.47. The molecule has 0 bridgehead atoms. The molecule has 0 aliphatic rings. The predicted molar refractivity (Wildman–Crippen MR) is 66.2 cm³/mol. The Kier molecular flexibility index (Phi) is 4.88. The molecule has 0 spiro atoms. The summed E-state index contributed by atoms with van der Waals surface area (Å²) < 4.78 is 0. The summed E-state index contributed by atoms with van der Waals surface area (Å²) in [5.41, 5.74) is 2.61. The van der Waals surface area contributed by atoms with Gasteiger partial charge in [-0.25, -0.2) is 0 Å². The van der Waals surface area contributed by atoms with E-state index >= 15 is 0 Å². The Hall–Kier alpha value is -1.85. The van der Waals surface area contributed by atoms with Crippen molar-refractivity contribution in [1.82, 2.24) is 15.5 Å². The molecule has 0 saturated heterocycles. The van der Waals surface area contributed by atoms with E-state index < -0.39 is 11.9 Å². The fourth-order valence-electron chi connectivity index (χ4n) is 1.61. The third-order valence-electron chi connectivity index (χ3n) is 2.94. The van der Waals surface area contributed by atoms with Crippen LogP contribution < -0.4 is 5.32 Å². The molecule has 3 N–H and O–H groups in total. The maximum atomic E-state index is 11.7. The molecular weight excluding hydrogens is 234 g/mol. The van der Waals surface area contributed by atoms with Crippen LogP contribution in [0.5, 0.6) is 0 Å². The van der Waals surface area contributed by atoms with Gasteiger partial charge in [0.15, 0.2) is 0 Å². The summed E-state index contributed by atoms with van der Waals surface area (Å²) in [4.78, 5) is 22.3. The molecule has 0 saturated carbocycles. The van der Waals surface area contributed by atoms with Crippen molar-refractivity contribution >= 4 is 11.9 Å². The van der Waals surface area contributed by atoms with Crippen molar-refractivity contribution in [3.05, 3.63) is 17.0 Å². The number of hydrogen-bond donors (Lipinski definition) is 3. The van der Waals surface area contributed by atoms with Gasteiger partial charge in [-0.3, -0.25) is 14.7 Å². The number of carbonyl (C=O) groups is 2. The zero-order valence-electron chi connectivity index (χ0n) is 10.9. The maximum absolute atomic E-state index is 11.7. The first kappa shape index (κ1) is 14.2. The van der Waals surface area contributed by atoms with Gasteiger partial charge < -0.3 is 10.4 Å². The van der Waals surface area contributed by atoms with Gasteiger partial charge in [-0.15, -0.1) is 0 Å². The van der Waals surface area contributed by atoms with E-state index in [2.05, 4.69) is 15.5 Å². The van der Waals surface area contributed by atoms with E-state index in [-0.39, 0.29) is 12.3 Å². The molecule has 100 valence electrons. The number of amides is 1. The third-order valence-corrected chi connectivity index (χ3v) is 2.94. The smallest absolute Gasteiger partial charge is 0.306 e. The molecule has 1 atom stereocenters. The quantitative estimate of drug-likeness (QED) is 0.698. The molecule has 6 nitrogen and oxygen atoms in total. The Bertz CT molecular complexity index is 420. The number of H-pyrrole nitrogens is 1. The van der Waals surface area contributed by atoms with Crippen molar-refractivity contribution in [2.75, 3.05) is 6.54 Å². The van der Waals surface area contributed by atoms with Crippen LogP contribution in [0.15, 0.2) is 0 Å². The highest BCUT2D eigenvalue weighted by molar-refractivity contribution is 5.79. The van der Waals surface area contributed by atoms with Gasteiger partial charge >= 0.3 is 5.97 Å². The number of nitrogens with one attached hydrogen (secondary N) is 2. The Balaban J connectivity index is 2.37. The van der Waals surface area contributed by atoms with Crippen LogP contribution in [0, 0.1) is 19.8 Å². The number of aromatic nitrogens is 2. The molecule has 1 aromatic rings. The zero-order valence-corrected chi connectivity index (χ0v) is 10.9. The van der Waals surface area contributed by atoms with Crippen LogP contribution in [0.3, 0.4) is 0 Å². The lowest BCUT2D eigenvalue weighted by molar-refractivity contribution is -0.141. The van der Waals surface area contributed by atoms with Crippen LogP contribution >= 0.6 is 0 Å². The van der Waals surface area contributed by atoms with Gasteiger partial charge in [-0.1, -0.05) is 6.92 Å². The zero-order chi connectivity index (χ0) is 13.7. The lowest BCUT2D eigenvalue weighted by atomic mass is 10.1. The van der Waals surface area contributed by atoms with E-state index in [1.165, 1.54) is 0 Å². The minimum atomic E-state index is -0.842. The van der Waals surface area contributed by atoms with Gasteiger partial charge in [-0.05, 0) is 20.3 Å². The lowest BCUT2D eigenvalue weighted by Gasteiger charge is -2.08. The normalized spacial score (nSPS) is 12.2. The van der Waals surface area contributed by atoms with Crippen molar-refractivity contribution in [2.45, 2.75) is 33.6 Å². The molecule has 1 aromatic heterocycles. The molecule has 0 aliphatic carbocycles. The number of aryl methyl sites for hydroxylation is 2. The van der Waals surface area contributed by atoms with Crippen LogP contribution in [-0.4, -0.2) is 33.7 Å². The molecule has 18 heavy (non-hydrogen) atoms. The molecule has 1 unspecified atom stereocenters. The summed E-state index contributed by atoms with van der Waals surface area (Å²) in [5, 5.41) is 18.3. The van der Waals surface area contributed by atoms with Gasteiger partial charge in [-0.2, -0.15) is 5.10 Å². The van der Waals surface area contributed by atoms with Crippen LogP contribution in [0.4, 0.5) is 0 Å². The average Bonchev–Trinajstić information content (AvgIpc) is 2.60. The fraction of sp³-hybridized carbons (Fsp3) is 0.583. The van der Waals surface area contributed by atoms with Crippen LogP contribution in [0.2, 0.25) is 0 Å². The third kappa shape index (κ3) is 3.87. The van der Waals surface area contributed by atoms with Gasteiger partial charge in [0.05, 0.1) is 18.0 Å². The summed E-state index contributed by atoms with van der Waals surface area (Å²) in [6.45, 7) is 5.72. The highest BCUT2D eigenvalue weighted by atomic mass is 16.4. The number of rotatable bonds is 6. The minimum Gasteiger partial charge on any atom is -0.481 e. The van der Waals surface area contributed by atoms with Crippen molar-refractivity contribution in [1.29, 1.82) is 0 Å². The Morgan fingerprint density at radius 3 is 2.61 bits per heavy atom. The number of nitrogens with zero attached hydrogens (tertiary/aromatic N) is 1. The van der Waals surface area contributed by atoms with Crippen LogP contribution in [0.1, 0.15) is 30.3 Å². The first-order chi connectivity index (χ1) is 8.41. The highest BCUT2D eigenvalue weighted by Gasteiger charge is 2.13. The monoisotopic (exact) mass is 253 g/mol. The first-order valence-electron chi connectivity index (χ1n) is 5.91. The van der Waals surface area contributed by atoms with Crippen molar-refractivity contribution in [3.8, 4) is 0 Å². The molecule has 0 fully saturated rings. The molecule has 1 rings (SSSR count). The minimum absolute atomic E-state index is 0.111. The number of carboxylic acid groups (broad SMARTS) is 1. The topological polar surface area (TPSA) is 95.1 Å². The number of carboxylic acids is 1. The number of aliphatic carboxylic acids is 1. The molecule has 6 heteroatoms. The van der Waals surface area contributed by atoms with E-state index in [4.69, 9.17) is 5.11 Å². The highest BCUT2D eigenvalue weighted by Crippen LogP contribution is 2.09. The molecule has 0 radical (unpaired) electrons. The largest absolute Gasteiger partial charge is 0.481 e. The standard InChI is InChI=1S/C12H19N3O3/c1-7(12(17)18)4-5-13-11(16)6-10-8(2)14-15-9(10)3/h7H,4-6H2,1-3H3,(H,13,16)(H,14,15)(H,17,18). The van der Waals surface area contributed by atoms with E-state index in [0.29, 0.717) is 13.0 Å². The van der Waals surface area contributed by atoms with Gasteiger partial charge in [0.2, 0.25) is 5.91 Å². The summed E-state index contributed by atoms with van der Waals surface area (Å²) in [6, 6.07) is 0. The summed E-state index contributed by atoms with van der Waals surface area (Å²) in [5.74, 6) is -1.39. The van der Waals surface area contributed by atoms with E-state index in [0.717, 1.165) is 17.0 Å². The lowest BCUT2D eigenvalue weighted by Crippen LogP contribution is -2.28. The fourth-order valence-corrected chi connectivity index (χ4v) is 1.61. The Labute approximate surface area is 106 Å². The summed E-state index contributed by atoms with van der Waals surface area (Å²) >= 11 is 0. The van der Waals surface area contributed by atoms with E-state index in [1.807, 2.05) is 13.8 Å². The van der Waals surface area contributed by atoms with E-state index in [1.54, 1.807) is 6.92 Å². The average molecular weight is 253 g/mol. The number of hydrogen-bond acceptors (Lipinski definition) is 3. The van der Waals surface area contributed by atoms with Gasteiger partial charge in [0, 0.05) is 17.8 Å². The van der Waals surface area contributed by atoms with Crippen molar-refractivity contribution in [2.24, 2.45) is 5.92 Å². The number of carbonyl (C=O) groups excluding carboxylic acids is 1. The van der Waals surface area contributed by atoms with Gasteiger partial charge in [0.25, 0.3) is 0 Å². The summed E-state index contributed by atoms with van der Waals surface area (Å²) in [7, 11) is 0. The van der Waals surface area contributed by atoms with Crippen molar-refractivity contribution < 1.29 is 14.7 Å². The van der Waals surface area contributed by atoms with Gasteiger partial charge in [0.1, 0.15) is 0 Å². The Morgan fingerprint density at radius 1 is 1.44 bits per heavy atom. The van der Waals surface area contributed by atoms with E-state index in [9.17, 15) is 9.59 Å². The molecule has 0 aliphatic heterocycles. The molecule has 1 amide bonds. The summed E-state index contributed by atoms with van der Waals surface area (Å²) in [6.07, 6.45) is 0.708. The molecular formula is C12H19N3O3. The maximum Gasteiger partial charge on any atom is 0.306 e. The number of aromatic amines is 1. The molecule has 1 heterocycles. The van der Waals surface area contributed by atoms with Crippen LogP contribution in [-0.2, 0) is 16.0 Å².